The molecule has 3 nitrogen and oxygen atoms in total. The van der Waals surface area contributed by atoms with Crippen molar-refractivity contribution in [3.05, 3.63) is 0 Å². The number of halogens is 3. The molecule has 0 atom stereocenters. The first-order valence-corrected chi connectivity index (χ1v) is 5.89. The zero-order valence-corrected chi connectivity index (χ0v) is 10.4. The van der Waals surface area contributed by atoms with Gasteiger partial charge in [0.2, 0.25) is 5.91 Å². The smallest absolute Gasteiger partial charge is 0.355 e. The number of nitrogens with two attached hydrogens (primary N) is 1. The van der Waals surface area contributed by atoms with Gasteiger partial charge in [-0.3, -0.25) is 4.79 Å². The van der Waals surface area contributed by atoms with Gasteiger partial charge in [-0.15, -0.1) is 0 Å². The van der Waals surface area contributed by atoms with Crippen LogP contribution in [0, 0.1) is 0 Å². The lowest BCUT2D eigenvalue weighted by Crippen LogP contribution is -2.53. The summed E-state index contributed by atoms with van der Waals surface area (Å²) in [5.41, 5.74) is 4.93. The summed E-state index contributed by atoms with van der Waals surface area (Å²) in [6, 6.07) is 0. The van der Waals surface area contributed by atoms with Crippen molar-refractivity contribution >= 4 is 5.91 Å². The number of hydrogen-bond acceptors (Lipinski definition) is 2. The highest BCUT2D eigenvalue weighted by atomic mass is 19.4. The van der Waals surface area contributed by atoms with Gasteiger partial charge in [0, 0.05) is 13.0 Å². The van der Waals surface area contributed by atoms with Gasteiger partial charge >= 0.3 is 6.18 Å². The van der Waals surface area contributed by atoms with Gasteiger partial charge < -0.3 is 11.1 Å². The quantitative estimate of drug-likeness (QED) is 0.685. The minimum Gasteiger partial charge on any atom is -0.355 e. The topological polar surface area (TPSA) is 55.1 Å². The molecular weight excluding hydrogens is 233 g/mol. The molecule has 0 aliphatic rings. The molecule has 0 rings (SSSR count). The lowest BCUT2D eigenvalue weighted by molar-refractivity contribution is -0.135. The van der Waals surface area contributed by atoms with Crippen molar-refractivity contribution in [1.82, 2.24) is 5.32 Å². The van der Waals surface area contributed by atoms with Crippen molar-refractivity contribution in [3.63, 3.8) is 0 Å². The molecule has 0 unspecified atom stereocenters. The zero-order chi connectivity index (χ0) is 13.5. The Kier molecular flexibility index (Phi) is 6.52. The number of amides is 1. The Morgan fingerprint density at radius 2 is 1.71 bits per heavy atom. The van der Waals surface area contributed by atoms with E-state index in [-0.39, 0.29) is 18.9 Å². The van der Waals surface area contributed by atoms with Crippen LogP contribution in [0.4, 0.5) is 13.2 Å². The highest BCUT2D eigenvalue weighted by molar-refractivity contribution is 5.85. The van der Waals surface area contributed by atoms with Crippen molar-refractivity contribution in [1.29, 1.82) is 0 Å². The molecule has 0 spiro atoms. The molecule has 3 N–H and O–H groups in total. The largest absolute Gasteiger partial charge is 0.389 e. The fourth-order valence-corrected chi connectivity index (χ4v) is 1.40. The summed E-state index contributed by atoms with van der Waals surface area (Å²) < 4.78 is 35.5. The van der Waals surface area contributed by atoms with Crippen LogP contribution in [-0.4, -0.2) is 24.2 Å². The SMILES string of the molecule is CCC(N)(CC)C(=O)NCCCCC(F)(F)F. The minimum absolute atomic E-state index is 0.0274. The van der Waals surface area contributed by atoms with E-state index in [9.17, 15) is 18.0 Å². The van der Waals surface area contributed by atoms with E-state index in [4.69, 9.17) is 5.73 Å². The van der Waals surface area contributed by atoms with E-state index in [1.807, 2.05) is 13.8 Å². The van der Waals surface area contributed by atoms with Crippen LogP contribution in [0.1, 0.15) is 46.0 Å². The van der Waals surface area contributed by atoms with Gasteiger partial charge in [0.05, 0.1) is 5.54 Å². The van der Waals surface area contributed by atoms with E-state index < -0.39 is 18.1 Å². The first-order chi connectivity index (χ1) is 7.75. The molecule has 102 valence electrons. The highest BCUT2D eigenvalue weighted by Crippen LogP contribution is 2.21. The second-order valence-corrected chi connectivity index (χ2v) is 4.19. The van der Waals surface area contributed by atoms with Crippen LogP contribution in [0.3, 0.4) is 0 Å². The normalized spacial score (nSPS) is 12.6. The Hall–Kier alpha value is -0.780. The van der Waals surface area contributed by atoms with Crippen molar-refractivity contribution in [2.24, 2.45) is 5.73 Å². The number of rotatable bonds is 7. The number of alkyl halides is 3. The average Bonchev–Trinajstić information content (AvgIpc) is 2.25. The van der Waals surface area contributed by atoms with Crippen LogP contribution >= 0.6 is 0 Å². The number of carbonyl (C=O) groups excluding carboxylic acids is 1. The maximum absolute atomic E-state index is 11.8. The van der Waals surface area contributed by atoms with Gasteiger partial charge in [0.15, 0.2) is 0 Å². The fourth-order valence-electron chi connectivity index (χ4n) is 1.40. The number of carbonyl (C=O) groups is 1. The summed E-state index contributed by atoms with van der Waals surface area (Å²) in [6.45, 7) is 3.87. The molecule has 0 saturated heterocycles. The predicted molar refractivity (Wildman–Crippen MR) is 60.4 cm³/mol. The molecule has 0 fully saturated rings. The monoisotopic (exact) mass is 254 g/mol. The lowest BCUT2D eigenvalue weighted by atomic mass is 9.93. The second kappa shape index (κ2) is 6.83. The third-order valence-electron chi connectivity index (χ3n) is 2.89. The van der Waals surface area contributed by atoms with Gasteiger partial charge in [0.1, 0.15) is 0 Å². The van der Waals surface area contributed by atoms with Gasteiger partial charge in [-0.2, -0.15) is 13.2 Å². The molecule has 0 radical (unpaired) electrons. The third-order valence-corrected chi connectivity index (χ3v) is 2.89. The molecule has 17 heavy (non-hydrogen) atoms. The van der Waals surface area contributed by atoms with Crippen molar-refractivity contribution < 1.29 is 18.0 Å². The van der Waals surface area contributed by atoms with Crippen molar-refractivity contribution in [2.45, 2.75) is 57.7 Å². The maximum atomic E-state index is 11.8. The van der Waals surface area contributed by atoms with Crippen molar-refractivity contribution in [3.8, 4) is 0 Å². The summed E-state index contributed by atoms with van der Waals surface area (Å²) in [5, 5.41) is 2.58. The van der Waals surface area contributed by atoms with E-state index >= 15 is 0 Å². The number of unbranched alkanes of at least 4 members (excludes halogenated alkanes) is 1. The second-order valence-electron chi connectivity index (χ2n) is 4.19. The molecule has 0 bridgehead atoms. The van der Waals surface area contributed by atoms with Crippen LogP contribution in [0.15, 0.2) is 0 Å². The molecule has 0 aliphatic heterocycles. The number of hydrogen-bond donors (Lipinski definition) is 2. The lowest BCUT2D eigenvalue weighted by Gasteiger charge is -2.25. The maximum Gasteiger partial charge on any atom is 0.389 e. The van der Waals surface area contributed by atoms with Gasteiger partial charge in [-0.25, -0.2) is 0 Å². The Morgan fingerprint density at radius 3 is 2.12 bits per heavy atom. The van der Waals surface area contributed by atoms with E-state index in [1.165, 1.54) is 0 Å². The van der Waals surface area contributed by atoms with Crippen LogP contribution in [0.25, 0.3) is 0 Å². The Bertz CT molecular complexity index is 237. The third kappa shape index (κ3) is 6.51. The molecule has 6 heteroatoms. The summed E-state index contributed by atoms with van der Waals surface area (Å²) in [6.07, 6.45) is -3.56. The van der Waals surface area contributed by atoms with Crippen LogP contribution in [-0.2, 0) is 4.79 Å². The molecule has 0 aromatic heterocycles. The van der Waals surface area contributed by atoms with E-state index in [0.29, 0.717) is 19.3 Å². The summed E-state index contributed by atoms with van der Waals surface area (Å²) in [4.78, 5) is 11.6. The molecule has 0 aromatic rings. The molecule has 0 saturated carbocycles. The Labute approximate surface area is 99.9 Å². The first-order valence-electron chi connectivity index (χ1n) is 5.89. The Balaban J connectivity index is 3.79. The molecule has 0 aromatic carbocycles. The minimum atomic E-state index is -4.12. The van der Waals surface area contributed by atoms with E-state index in [0.717, 1.165) is 0 Å². The van der Waals surface area contributed by atoms with Crippen LogP contribution in [0.2, 0.25) is 0 Å². The molecular formula is C11H21F3N2O. The molecule has 0 aliphatic carbocycles. The fraction of sp³-hybridized carbons (Fsp3) is 0.909. The van der Waals surface area contributed by atoms with Gasteiger partial charge in [-0.1, -0.05) is 13.8 Å². The zero-order valence-electron chi connectivity index (χ0n) is 10.4. The number of nitrogens with one attached hydrogen (secondary N) is 1. The summed E-state index contributed by atoms with van der Waals surface area (Å²) in [7, 11) is 0. The van der Waals surface area contributed by atoms with Gasteiger partial charge in [0.25, 0.3) is 0 Å². The van der Waals surface area contributed by atoms with Crippen LogP contribution in [0.5, 0.6) is 0 Å². The predicted octanol–water partition coefficient (Wildman–Crippen LogP) is 2.35. The van der Waals surface area contributed by atoms with Crippen molar-refractivity contribution in [2.75, 3.05) is 6.54 Å². The van der Waals surface area contributed by atoms with Gasteiger partial charge in [-0.05, 0) is 25.7 Å². The standard InChI is InChI=1S/C11H21F3N2O/c1-3-10(15,4-2)9(17)16-8-6-5-7-11(12,13)14/h3-8,15H2,1-2H3,(H,16,17). The molecule has 1 amide bonds. The molecule has 0 heterocycles. The highest BCUT2D eigenvalue weighted by Gasteiger charge is 2.29. The van der Waals surface area contributed by atoms with E-state index in [2.05, 4.69) is 5.32 Å². The van der Waals surface area contributed by atoms with E-state index in [1.54, 1.807) is 0 Å². The summed E-state index contributed by atoms with van der Waals surface area (Å²) >= 11 is 0. The summed E-state index contributed by atoms with van der Waals surface area (Å²) in [5.74, 6) is -0.283. The average molecular weight is 254 g/mol. The first kappa shape index (κ1) is 16.2. The Morgan fingerprint density at radius 1 is 1.18 bits per heavy atom. The van der Waals surface area contributed by atoms with Crippen LogP contribution < -0.4 is 11.1 Å².